The van der Waals surface area contributed by atoms with E-state index in [9.17, 15) is 32.3 Å². The Kier molecular flexibility index (Phi) is 12.8. The number of amides is 3. The van der Waals surface area contributed by atoms with E-state index in [1.54, 1.807) is 58.2 Å². The Balaban J connectivity index is 1.21. The van der Waals surface area contributed by atoms with Crippen molar-refractivity contribution < 1.29 is 37.1 Å². The number of Topliss-reactive ketones (excluding diaryl/α,β-unsaturated/α-hetero) is 1. The average Bonchev–Trinajstić information content (AvgIpc) is 3.78. The molecule has 1 saturated heterocycles. The topological polar surface area (TPSA) is 142 Å². The number of fused-ring (bicyclic) bond motifs is 1. The SMILES string of the molecule is CC(=O)CNc1ncc(C#Cc2cccc(CC(=O)Nc3ccc(CN4CC[C@H](N(C)C)C4)c(C(F)(F)F)c3)c2)c(-c2cc3c(n2C)CCN(C(=O)OC(C)(C)C)C3=O)n1. The number of ketones is 1. The second-order valence-electron chi connectivity index (χ2n) is 16.3. The summed E-state index contributed by atoms with van der Waals surface area (Å²) in [6, 6.07) is 12.8. The van der Waals surface area contributed by atoms with Crippen LogP contribution >= 0.6 is 0 Å². The van der Waals surface area contributed by atoms with Gasteiger partial charge in [0.1, 0.15) is 17.1 Å². The number of likely N-dealkylation sites (N-methyl/N-ethyl adjacent to an activating group) is 1. The van der Waals surface area contributed by atoms with Gasteiger partial charge in [-0.2, -0.15) is 13.2 Å². The van der Waals surface area contributed by atoms with Crippen molar-refractivity contribution in [2.24, 2.45) is 7.05 Å². The minimum absolute atomic E-state index is 0.0109. The molecule has 2 aromatic heterocycles. The zero-order valence-electron chi connectivity index (χ0n) is 34.8. The van der Waals surface area contributed by atoms with E-state index < -0.39 is 35.2 Å². The van der Waals surface area contributed by atoms with Gasteiger partial charge in [0.05, 0.1) is 35.3 Å². The van der Waals surface area contributed by atoms with Crippen molar-refractivity contribution in [3.8, 4) is 23.2 Å². The Morgan fingerprint density at radius 2 is 1.80 bits per heavy atom. The lowest BCUT2D eigenvalue weighted by Gasteiger charge is -2.28. The molecule has 60 heavy (non-hydrogen) atoms. The number of alkyl halides is 3. The summed E-state index contributed by atoms with van der Waals surface area (Å²) in [6.07, 6.45) is -2.68. The quantitative estimate of drug-likeness (QED) is 0.179. The molecule has 4 heterocycles. The van der Waals surface area contributed by atoms with Crippen LogP contribution in [0.3, 0.4) is 0 Å². The van der Waals surface area contributed by atoms with Crippen LogP contribution in [-0.2, 0) is 46.9 Å². The summed E-state index contributed by atoms with van der Waals surface area (Å²) < 4.78 is 49.9. The Morgan fingerprint density at radius 3 is 2.48 bits per heavy atom. The van der Waals surface area contributed by atoms with Crippen molar-refractivity contribution in [2.45, 2.75) is 71.3 Å². The van der Waals surface area contributed by atoms with E-state index in [4.69, 9.17) is 4.74 Å². The maximum atomic E-state index is 14.2. The Morgan fingerprint density at radius 1 is 1.03 bits per heavy atom. The maximum absolute atomic E-state index is 14.2. The standard InChI is InChI=1S/C44H49F3N8O5/c1-27(56)23-48-41-49-24-30(39(51-41)37-22-34-36(53(37)7)16-18-55(40(34)58)42(59)60-43(2,3)4)12-11-28-9-8-10-29(19-28)20-38(57)50-32-14-13-31(35(21-32)44(45,46)47)25-54-17-15-33(26-54)52(5)6/h8-10,13-14,19,21-22,24,33H,15-18,20,23,25-26H2,1-7H3,(H,50,57)(H,48,49,51)/t33-/m0/s1. The molecule has 0 spiro atoms. The lowest BCUT2D eigenvalue weighted by Crippen LogP contribution is -2.44. The number of carbonyl (C=O) groups excluding carboxylic acids is 4. The first-order valence-electron chi connectivity index (χ1n) is 19.6. The number of hydrogen-bond donors (Lipinski definition) is 2. The van der Waals surface area contributed by atoms with Gasteiger partial charge in [-0.3, -0.25) is 19.3 Å². The molecule has 316 valence electrons. The fourth-order valence-electron chi connectivity index (χ4n) is 7.23. The third-order valence-electron chi connectivity index (χ3n) is 10.3. The molecule has 16 heteroatoms. The van der Waals surface area contributed by atoms with Gasteiger partial charge in [0.25, 0.3) is 5.91 Å². The third kappa shape index (κ3) is 10.6. The highest BCUT2D eigenvalue weighted by atomic mass is 19.4. The summed E-state index contributed by atoms with van der Waals surface area (Å²) in [7, 11) is 5.72. The molecule has 2 aromatic carbocycles. The minimum atomic E-state index is -4.60. The highest BCUT2D eigenvalue weighted by Gasteiger charge is 2.36. The van der Waals surface area contributed by atoms with Crippen LogP contribution in [0.4, 0.5) is 29.6 Å². The third-order valence-corrected chi connectivity index (χ3v) is 10.3. The van der Waals surface area contributed by atoms with Crippen LogP contribution in [0.15, 0.2) is 54.7 Å². The van der Waals surface area contributed by atoms with E-state index in [0.29, 0.717) is 58.8 Å². The smallest absolute Gasteiger partial charge is 0.417 e. The van der Waals surface area contributed by atoms with E-state index >= 15 is 0 Å². The molecule has 2 N–H and O–H groups in total. The molecule has 0 aliphatic carbocycles. The molecule has 1 atom stereocenters. The van der Waals surface area contributed by atoms with Crippen molar-refractivity contribution in [1.29, 1.82) is 0 Å². The Labute approximate surface area is 347 Å². The van der Waals surface area contributed by atoms with Crippen molar-refractivity contribution >= 4 is 35.3 Å². The summed E-state index contributed by atoms with van der Waals surface area (Å²) in [4.78, 5) is 65.5. The maximum Gasteiger partial charge on any atom is 0.417 e. The number of anilines is 2. The van der Waals surface area contributed by atoms with Gasteiger partial charge in [-0.1, -0.05) is 30.0 Å². The zero-order chi connectivity index (χ0) is 43.5. The van der Waals surface area contributed by atoms with Crippen LogP contribution < -0.4 is 10.6 Å². The van der Waals surface area contributed by atoms with E-state index in [0.717, 1.165) is 17.4 Å². The highest BCUT2D eigenvalue weighted by molar-refractivity contribution is 6.05. The summed E-state index contributed by atoms with van der Waals surface area (Å²) >= 11 is 0. The first-order chi connectivity index (χ1) is 28.3. The first kappa shape index (κ1) is 43.5. The fraction of sp³-hybridized carbons (Fsp3) is 0.409. The Bertz CT molecular complexity index is 2370. The second-order valence-corrected chi connectivity index (χ2v) is 16.3. The molecular formula is C44H49F3N8O5. The molecule has 0 radical (unpaired) electrons. The number of carbonyl (C=O) groups is 4. The molecule has 1 fully saturated rings. The lowest BCUT2D eigenvalue weighted by molar-refractivity contribution is -0.138. The van der Waals surface area contributed by atoms with Crippen molar-refractivity contribution in [1.82, 2.24) is 29.2 Å². The van der Waals surface area contributed by atoms with E-state index in [1.165, 1.54) is 25.3 Å². The zero-order valence-corrected chi connectivity index (χ0v) is 34.8. The van der Waals surface area contributed by atoms with Crippen molar-refractivity contribution in [2.75, 3.05) is 50.9 Å². The molecule has 6 rings (SSSR count). The van der Waals surface area contributed by atoms with Gasteiger partial charge in [0, 0.05) is 68.8 Å². The predicted molar refractivity (Wildman–Crippen MR) is 220 cm³/mol. The monoisotopic (exact) mass is 826 g/mol. The molecule has 13 nitrogen and oxygen atoms in total. The van der Waals surface area contributed by atoms with Crippen LogP contribution in [-0.4, -0.2) is 105 Å². The largest absolute Gasteiger partial charge is 0.443 e. The number of benzene rings is 2. The van der Waals surface area contributed by atoms with Gasteiger partial charge in [0.15, 0.2) is 0 Å². The second kappa shape index (κ2) is 17.7. The molecular weight excluding hydrogens is 778 g/mol. The number of rotatable bonds is 10. The lowest BCUT2D eigenvalue weighted by atomic mass is 10.0. The molecule has 0 bridgehead atoms. The predicted octanol–water partition coefficient (Wildman–Crippen LogP) is 6.15. The number of aromatic nitrogens is 3. The summed E-state index contributed by atoms with van der Waals surface area (Å²) in [5.41, 5.74) is 2.08. The van der Waals surface area contributed by atoms with Gasteiger partial charge in [-0.25, -0.2) is 19.7 Å². The van der Waals surface area contributed by atoms with Gasteiger partial charge >= 0.3 is 12.3 Å². The summed E-state index contributed by atoms with van der Waals surface area (Å²) in [6.45, 7) is 8.27. The number of likely N-dealkylation sites (tertiary alicyclic amines) is 1. The van der Waals surface area contributed by atoms with Crippen LogP contribution in [0.5, 0.6) is 0 Å². The van der Waals surface area contributed by atoms with Gasteiger partial charge in [0.2, 0.25) is 11.9 Å². The normalized spacial score (nSPS) is 15.7. The van der Waals surface area contributed by atoms with Crippen LogP contribution in [0.2, 0.25) is 0 Å². The number of ether oxygens (including phenoxy) is 1. The van der Waals surface area contributed by atoms with E-state index in [2.05, 4.69) is 37.3 Å². The van der Waals surface area contributed by atoms with Crippen LogP contribution in [0.1, 0.15) is 78.0 Å². The van der Waals surface area contributed by atoms with Crippen molar-refractivity contribution in [3.63, 3.8) is 0 Å². The average molecular weight is 827 g/mol. The summed E-state index contributed by atoms with van der Waals surface area (Å²) in [5, 5.41) is 5.53. The molecule has 4 aromatic rings. The molecule has 2 aliphatic rings. The van der Waals surface area contributed by atoms with Crippen LogP contribution in [0, 0.1) is 11.8 Å². The summed E-state index contributed by atoms with van der Waals surface area (Å²) in [5.74, 6) is 5.24. The number of nitrogens with one attached hydrogen (secondary N) is 2. The van der Waals surface area contributed by atoms with Gasteiger partial charge < -0.3 is 24.8 Å². The van der Waals surface area contributed by atoms with E-state index in [-0.39, 0.29) is 55.1 Å². The fourth-order valence-corrected chi connectivity index (χ4v) is 7.23. The van der Waals surface area contributed by atoms with Crippen molar-refractivity contribution in [3.05, 3.63) is 93.8 Å². The Hall–Kier alpha value is -6.05. The van der Waals surface area contributed by atoms with Gasteiger partial charge in [-0.15, -0.1) is 0 Å². The molecule has 0 unspecified atom stereocenters. The number of hydrogen-bond acceptors (Lipinski definition) is 10. The molecule has 0 saturated carbocycles. The number of halogens is 3. The minimum Gasteiger partial charge on any atom is -0.443 e. The number of imide groups is 1. The molecule has 2 aliphatic heterocycles. The molecule has 3 amide bonds. The highest BCUT2D eigenvalue weighted by Crippen LogP contribution is 2.35. The number of nitrogens with zero attached hydrogens (tertiary/aromatic N) is 6. The van der Waals surface area contributed by atoms with E-state index in [1.807, 2.05) is 23.6 Å². The first-order valence-corrected chi connectivity index (χ1v) is 19.6. The van der Waals surface area contributed by atoms with Crippen LogP contribution in [0.25, 0.3) is 11.4 Å². The van der Waals surface area contributed by atoms with Gasteiger partial charge in [-0.05, 0) is 89.7 Å².